The molecule has 0 bridgehead atoms. The topological polar surface area (TPSA) is 100 Å². The normalized spacial score (nSPS) is 16.6. The number of hydrogen-bond acceptors (Lipinski definition) is 7. The van der Waals surface area contributed by atoms with Crippen LogP contribution in [0.5, 0.6) is 0 Å². The SMILES string of the molecule is CN(C)c1nc(N)nc(NCC(O)C2CC2)n1. The molecule has 0 amide bonds. The van der Waals surface area contributed by atoms with Crippen LogP contribution in [0, 0.1) is 5.92 Å². The summed E-state index contributed by atoms with van der Waals surface area (Å²) in [7, 11) is 3.66. The number of aliphatic hydroxyl groups excluding tert-OH is 1. The van der Waals surface area contributed by atoms with Crippen molar-refractivity contribution in [1.29, 1.82) is 0 Å². The lowest BCUT2D eigenvalue weighted by Crippen LogP contribution is -2.23. The molecular weight excluding hydrogens is 220 g/mol. The Labute approximate surface area is 100 Å². The van der Waals surface area contributed by atoms with Crippen molar-refractivity contribution >= 4 is 17.8 Å². The largest absolute Gasteiger partial charge is 0.391 e. The summed E-state index contributed by atoms with van der Waals surface area (Å²) in [4.78, 5) is 13.9. The van der Waals surface area contributed by atoms with Crippen LogP contribution >= 0.6 is 0 Å². The number of nitrogens with two attached hydrogens (primary N) is 1. The first kappa shape index (κ1) is 11.8. The van der Waals surface area contributed by atoms with E-state index in [2.05, 4.69) is 20.3 Å². The van der Waals surface area contributed by atoms with Gasteiger partial charge in [0, 0.05) is 20.6 Å². The number of nitrogens with one attached hydrogen (secondary N) is 1. The average molecular weight is 238 g/mol. The van der Waals surface area contributed by atoms with Crippen LogP contribution in [-0.4, -0.2) is 46.8 Å². The fourth-order valence-electron chi connectivity index (χ4n) is 1.50. The van der Waals surface area contributed by atoms with Crippen LogP contribution in [0.3, 0.4) is 0 Å². The third-order valence-electron chi connectivity index (χ3n) is 2.68. The van der Waals surface area contributed by atoms with Gasteiger partial charge < -0.3 is 21.1 Å². The smallest absolute Gasteiger partial charge is 0.231 e. The predicted molar refractivity (Wildman–Crippen MR) is 65.8 cm³/mol. The molecule has 1 aliphatic carbocycles. The molecule has 1 unspecified atom stereocenters. The van der Waals surface area contributed by atoms with E-state index in [-0.39, 0.29) is 12.1 Å². The summed E-state index contributed by atoms with van der Waals surface area (Å²) in [6, 6.07) is 0. The molecule has 7 nitrogen and oxygen atoms in total. The molecule has 1 aliphatic rings. The van der Waals surface area contributed by atoms with Crippen LogP contribution in [0.4, 0.5) is 17.8 Å². The first-order chi connectivity index (χ1) is 8.06. The van der Waals surface area contributed by atoms with E-state index in [9.17, 15) is 5.11 Å². The van der Waals surface area contributed by atoms with Gasteiger partial charge in [-0.3, -0.25) is 0 Å². The Bertz CT molecular complexity index is 392. The maximum absolute atomic E-state index is 9.72. The van der Waals surface area contributed by atoms with E-state index in [0.29, 0.717) is 24.4 Å². The molecule has 0 saturated heterocycles. The summed E-state index contributed by atoms with van der Waals surface area (Å²) in [5.41, 5.74) is 5.58. The first-order valence-corrected chi connectivity index (χ1v) is 5.67. The Morgan fingerprint density at radius 3 is 2.71 bits per heavy atom. The van der Waals surface area contributed by atoms with Gasteiger partial charge in [0.25, 0.3) is 0 Å². The van der Waals surface area contributed by atoms with Crippen molar-refractivity contribution in [3.8, 4) is 0 Å². The highest BCUT2D eigenvalue weighted by molar-refractivity contribution is 5.40. The molecule has 2 rings (SSSR count). The molecule has 0 aliphatic heterocycles. The molecule has 0 aromatic carbocycles. The number of aromatic nitrogens is 3. The van der Waals surface area contributed by atoms with Crippen molar-refractivity contribution in [1.82, 2.24) is 15.0 Å². The van der Waals surface area contributed by atoms with Gasteiger partial charge >= 0.3 is 0 Å². The second kappa shape index (κ2) is 4.70. The average Bonchev–Trinajstić information content (AvgIpc) is 3.08. The van der Waals surface area contributed by atoms with Crippen LogP contribution in [0.2, 0.25) is 0 Å². The summed E-state index contributed by atoms with van der Waals surface area (Å²) in [6.07, 6.45) is 1.87. The summed E-state index contributed by atoms with van der Waals surface area (Å²) in [5.74, 6) is 1.50. The van der Waals surface area contributed by atoms with E-state index in [1.54, 1.807) is 4.90 Å². The predicted octanol–water partition coefficient (Wildman–Crippen LogP) is -0.297. The van der Waals surface area contributed by atoms with Crippen LogP contribution in [0.1, 0.15) is 12.8 Å². The number of aliphatic hydroxyl groups is 1. The number of nitrogen functional groups attached to an aromatic ring is 1. The molecule has 4 N–H and O–H groups in total. The zero-order valence-electron chi connectivity index (χ0n) is 10.1. The first-order valence-electron chi connectivity index (χ1n) is 5.67. The summed E-state index contributed by atoms with van der Waals surface area (Å²) < 4.78 is 0. The Morgan fingerprint density at radius 1 is 1.41 bits per heavy atom. The number of rotatable bonds is 5. The number of nitrogens with zero attached hydrogens (tertiary/aromatic N) is 4. The van der Waals surface area contributed by atoms with Crippen molar-refractivity contribution in [3.63, 3.8) is 0 Å². The number of hydrogen-bond donors (Lipinski definition) is 3. The Balaban J connectivity index is 1.99. The molecule has 94 valence electrons. The maximum atomic E-state index is 9.72. The third kappa shape index (κ3) is 3.16. The van der Waals surface area contributed by atoms with Crippen LogP contribution < -0.4 is 16.0 Å². The van der Waals surface area contributed by atoms with Crippen molar-refractivity contribution in [2.45, 2.75) is 18.9 Å². The van der Waals surface area contributed by atoms with Crippen LogP contribution in [0.15, 0.2) is 0 Å². The molecule has 1 fully saturated rings. The Morgan fingerprint density at radius 2 is 2.12 bits per heavy atom. The van der Waals surface area contributed by atoms with Gasteiger partial charge in [-0.05, 0) is 18.8 Å². The fourth-order valence-corrected chi connectivity index (χ4v) is 1.50. The standard InChI is InChI=1S/C10H18N6O/c1-16(2)10-14-8(11)13-9(15-10)12-5-7(17)6-3-4-6/h6-7,17H,3-5H2,1-2H3,(H3,11,12,13,14,15). The number of anilines is 3. The lowest BCUT2D eigenvalue weighted by Gasteiger charge is -2.13. The minimum absolute atomic E-state index is 0.173. The molecule has 1 saturated carbocycles. The van der Waals surface area contributed by atoms with E-state index in [1.807, 2.05) is 14.1 Å². The summed E-state index contributed by atoms with van der Waals surface area (Å²) >= 11 is 0. The van der Waals surface area contributed by atoms with Crippen molar-refractivity contribution in [2.75, 3.05) is 36.6 Å². The Kier molecular flexibility index (Phi) is 3.28. The zero-order chi connectivity index (χ0) is 12.4. The third-order valence-corrected chi connectivity index (χ3v) is 2.68. The molecule has 1 atom stereocenters. The second-order valence-electron chi connectivity index (χ2n) is 4.50. The van der Waals surface area contributed by atoms with E-state index in [0.717, 1.165) is 12.8 Å². The van der Waals surface area contributed by atoms with Gasteiger partial charge in [-0.25, -0.2) is 0 Å². The van der Waals surface area contributed by atoms with Gasteiger partial charge in [0.15, 0.2) is 0 Å². The molecule has 1 aromatic rings. The van der Waals surface area contributed by atoms with Gasteiger partial charge in [-0.1, -0.05) is 0 Å². The molecule has 17 heavy (non-hydrogen) atoms. The Hall–Kier alpha value is -1.63. The van der Waals surface area contributed by atoms with Gasteiger partial charge in [0.1, 0.15) is 0 Å². The van der Waals surface area contributed by atoms with E-state index < -0.39 is 0 Å². The van der Waals surface area contributed by atoms with Crippen molar-refractivity contribution in [3.05, 3.63) is 0 Å². The zero-order valence-corrected chi connectivity index (χ0v) is 10.1. The summed E-state index contributed by atoms with van der Waals surface area (Å²) in [6.45, 7) is 0.445. The van der Waals surface area contributed by atoms with Gasteiger partial charge in [0.2, 0.25) is 17.8 Å². The highest BCUT2D eigenvalue weighted by Crippen LogP contribution is 2.32. The molecule has 7 heteroatoms. The summed E-state index contributed by atoms with van der Waals surface area (Å²) in [5, 5.41) is 12.7. The molecule has 1 heterocycles. The van der Waals surface area contributed by atoms with Crippen LogP contribution in [-0.2, 0) is 0 Å². The lowest BCUT2D eigenvalue weighted by atomic mass is 10.2. The molecular formula is C10H18N6O. The fraction of sp³-hybridized carbons (Fsp3) is 0.700. The van der Waals surface area contributed by atoms with E-state index in [4.69, 9.17) is 5.73 Å². The highest BCUT2D eigenvalue weighted by Gasteiger charge is 2.29. The van der Waals surface area contributed by atoms with E-state index in [1.165, 1.54) is 0 Å². The van der Waals surface area contributed by atoms with E-state index >= 15 is 0 Å². The molecule has 0 radical (unpaired) electrons. The lowest BCUT2D eigenvalue weighted by molar-refractivity contribution is 0.164. The molecule has 1 aromatic heterocycles. The van der Waals surface area contributed by atoms with Crippen LogP contribution in [0.25, 0.3) is 0 Å². The van der Waals surface area contributed by atoms with Crippen molar-refractivity contribution in [2.24, 2.45) is 5.92 Å². The van der Waals surface area contributed by atoms with Gasteiger partial charge in [-0.15, -0.1) is 0 Å². The maximum Gasteiger partial charge on any atom is 0.231 e. The quantitative estimate of drug-likeness (QED) is 0.647. The van der Waals surface area contributed by atoms with Gasteiger partial charge in [0.05, 0.1) is 6.10 Å². The minimum Gasteiger partial charge on any atom is -0.391 e. The highest BCUT2D eigenvalue weighted by atomic mass is 16.3. The molecule has 0 spiro atoms. The second-order valence-corrected chi connectivity index (χ2v) is 4.50. The van der Waals surface area contributed by atoms with Crippen molar-refractivity contribution < 1.29 is 5.11 Å². The van der Waals surface area contributed by atoms with Gasteiger partial charge in [-0.2, -0.15) is 15.0 Å². The minimum atomic E-state index is -0.337. The monoisotopic (exact) mass is 238 g/mol.